The zero-order valence-electron chi connectivity index (χ0n) is 19.6. The number of aryl methyl sites for hydroxylation is 1. The monoisotopic (exact) mass is 415 g/mol. The molecule has 0 atom stereocenters. The number of hydrogen-bond acceptors (Lipinski definition) is 1. The lowest BCUT2D eigenvalue weighted by atomic mass is 9.76. The van der Waals surface area contributed by atoms with Crippen molar-refractivity contribution in [1.29, 1.82) is 5.26 Å². The average Bonchev–Trinajstić information content (AvgIpc) is 2.83. The minimum atomic E-state index is 0.662. The van der Waals surface area contributed by atoms with Crippen molar-refractivity contribution in [1.82, 2.24) is 0 Å². The molecule has 0 bridgehead atoms. The Balaban J connectivity index is 1.33. The van der Waals surface area contributed by atoms with Crippen molar-refractivity contribution in [3.05, 3.63) is 70.8 Å². The molecule has 0 saturated heterocycles. The lowest BCUT2D eigenvalue weighted by Gasteiger charge is -2.29. The van der Waals surface area contributed by atoms with Gasteiger partial charge in [0.1, 0.15) is 0 Å². The second kappa shape index (κ2) is 13.4. The van der Waals surface area contributed by atoms with Gasteiger partial charge in [0.2, 0.25) is 0 Å². The number of unbranched alkanes of at least 4 members (excludes halogenated alkanes) is 8. The number of hydrogen-bond donors (Lipinski definition) is 0. The molecule has 1 fully saturated rings. The Labute approximate surface area is 190 Å². The van der Waals surface area contributed by atoms with Crippen LogP contribution in [0.2, 0.25) is 0 Å². The van der Waals surface area contributed by atoms with Crippen LogP contribution >= 0.6 is 0 Å². The quantitative estimate of drug-likeness (QED) is 0.317. The van der Waals surface area contributed by atoms with E-state index < -0.39 is 0 Å². The molecule has 0 N–H and O–H groups in total. The molecule has 0 spiro atoms. The van der Waals surface area contributed by atoms with Crippen LogP contribution in [0.4, 0.5) is 0 Å². The number of nitriles is 1. The molecule has 1 aliphatic carbocycles. The molecule has 0 radical (unpaired) electrons. The lowest BCUT2D eigenvalue weighted by molar-refractivity contribution is 0.396. The second-order valence-corrected chi connectivity index (χ2v) is 9.60. The highest BCUT2D eigenvalue weighted by molar-refractivity contribution is 5.33. The first-order chi connectivity index (χ1) is 15.3. The smallest absolute Gasteiger partial charge is 0.0991 e. The fourth-order valence-electron chi connectivity index (χ4n) is 5.19. The van der Waals surface area contributed by atoms with Crippen LogP contribution in [0.1, 0.15) is 124 Å². The highest BCUT2D eigenvalue weighted by Crippen LogP contribution is 2.40. The summed E-state index contributed by atoms with van der Waals surface area (Å²) in [6.45, 7) is 2.29. The Morgan fingerprint density at radius 3 is 1.58 bits per heavy atom. The van der Waals surface area contributed by atoms with Gasteiger partial charge in [0.15, 0.2) is 0 Å². The first kappa shape index (κ1) is 23.6. The Hall–Kier alpha value is -2.07. The molecule has 0 unspecified atom stereocenters. The summed E-state index contributed by atoms with van der Waals surface area (Å²) < 4.78 is 0. The summed E-state index contributed by atoms with van der Waals surface area (Å²) in [6.07, 6.45) is 18.9. The van der Waals surface area contributed by atoms with E-state index in [0.717, 1.165) is 11.5 Å². The van der Waals surface area contributed by atoms with Crippen molar-refractivity contribution in [2.75, 3.05) is 0 Å². The van der Waals surface area contributed by atoms with E-state index in [1.54, 1.807) is 0 Å². The summed E-state index contributed by atoms with van der Waals surface area (Å²) in [5.41, 5.74) is 5.22. The SMILES string of the molecule is CCCCCCCCCCCc1ccc(C2CCC(c3ccc(C#N)cc3)CC2)cc1. The zero-order valence-corrected chi connectivity index (χ0v) is 19.6. The summed E-state index contributed by atoms with van der Waals surface area (Å²) >= 11 is 0. The molecule has 166 valence electrons. The Morgan fingerprint density at radius 2 is 1.10 bits per heavy atom. The molecule has 3 rings (SSSR count). The molecule has 0 aromatic heterocycles. The summed E-state index contributed by atoms with van der Waals surface area (Å²) in [4.78, 5) is 0. The molecular weight excluding hydrogens is 374 g/mol. The molecule has 1 aliphatic rings. The molecule has 1 saturated carbocycles. The zero-order chi connectivity index (χ0) is 21.7. The number of rotatable bonds is 12. The first-order valence-electron chi connectivity index (χ1n) is 12.9. The Kier molecular flexibility index (Phi) is 10.2. The predicted octanol–water partition coefficient (Wildman–Crippen LogP) is 9.07. The maximum absolute atomic E-state index is 8.98. The van der Waals surface area contributed by atoms with Gasteiger partial charge in [-0.05, 0) is 79.2 Å². The van der Waals surface area contributed by atoms with Crippen molar-refractivity contribution in [2.45, 2.75) is 109 Å². The summed E-state index contributed by atoms with van der Waals surface area (Å²) in [6, 6.07) is 20.0. The van der Waals surface area contributed by atoms with Gasteiger partial charge in [0, 0.05) is 0 Å². The van der Waals surface area contributed by atoms with Crippen LogP contribution in [0, 0.1) is 11.3 Å². The van der Waals surface area contributed by atoms with E-state index in [1.807, 2.05) is 12.1 Å². The molecular formula is C30H41N. The highest BCUT2D eigenvalue weighted by atomic mass is 14.3. The van der Waals surface area contributed by atoms with E-state index >= 15 is 0 Å². The van der Waals surface area contributed by atoms with Gasteiger partial charge in [-0.3, -0.25) is 0 Å². The normalized spacial score (nSPS) is 18.6. The predicted molar refractivity (Wildman–Crippen MR) is 132 cm³/mol. The van der Waals surface area contributed by atoms with E-state index in [2.05, 4.69) is 49.4 Å². The van der Waals surface area contributed by atoms with Gasteiger partial charge >= 0.3 is 0 Å². The van der Waals surface area contributed by atoms with E-state index in [4.69, 9.17) is 5.26 Å². The summed E-state index contributed by atoms with van der Waals surface area (Å²) in [5, 5.41) is 8.98. The van der Waals surface area contributed by atoms with Crippen molar-refractivity contribution < 1.29 is 0 Å². The topological polar surface area (TPSA) is 23.8 Å². The highest BCUT2D eigenvalue weighted by Gasteiger charge is 2.23. The van der Waals surface area contributed by atoms with Gasteiger partial charge in [-0.2, -0.15) is 5.26 Å². The van der Waals surface area contributed by atoms with Crippen molar-refractivity contribution in [3.8, 4) is 6.07 Å². The van der Waals surface area contributed by atoms with Crippen molar-refractivity contribution in [3.63, 3.8) is 0 Å². The molecule has 2 aromatic carbocycles. The third kappa shape index (κ3) is 7.84. The van der Waals surface area contributed by atoms with Gasteiger partial charge in [0.25, 0.3) is 0 Å². The Morgan fingerprint density at radius 1 is 0.645 bits per heavy atom. The van der Waals surface area contributed by atoms with Crippen LogP contribution in [0.15, 0.2) is 48.5 Å². The van der Waals surface area contributed by atoms with Crippen LogP contribution < -0.4 is 0 Å². The van der Waals surface area contributed by atoms with E-state index in [9.17, 15) is 0 Å². The van der Waals surface area contributed by atoms with Gasteiger partial charge in [-0.1, -0.05) is 94.7 Å². The van der Waals surface area contributed by atoms with Crippen molar-refractivity contribution >= 4 is 0 Å². The standard InChI is InChI=1S/C30H41N/c1-2-3-4-5-6-7-8-9-10-11-25-12-16-27(17-13-25)29-20-22-30(23-21-29)28-18-14-26(24-31)15-19-28/h12-19,29-30H,2-11,20-23H2,1H3. The molecule has 1 nitrogen and oxygen atoms in total. The van der Waals surface area contributed by atoms with E-state index in [0.29, 0.717) is 5.92 Å². The summed E-state index contributed by atoms with van der Waals surface area (Å²) in [5.74, 6) is 1.38. The number of nitrogens with zero attached hydrogens (tertiary/aromatic N) is 1. The van der Waals surface area contributed by atoms with Gasteiger partial charge in [-0.15, -0.1) is 0 Å². The largest absolute Gasteiger partial charge is 0.192 e. The molecule has 1 heteroatoms. The first-order valence-corrected chi connectivity index (χ1v) is 12.9. The van der Waals surface area contributed by atoms with E-state index in [1.165, 1.54) is 107 Å². The second-order valence-electron chi connectivity index (χ2n) is 9.60. The fourth-order valence-corrected chi connectivity index (χ4v) is 5.19. The van der Waals surface area contributed by atoms with Crippen LogP contribution in [0.5, 0.6) is 0 Å². The fraction of sp³-hybridized carbons (Fsp3) is 0.567. The molecule has 0 aliphatic heterocycles. The van der Waals surface area contributed by atoms with Gasteiger partial charge < -0.3 is 0 Å². The maximum atomic E-state index is 8.98. The average molecular weight is 416 g/mol. The molecule has 0 amide bonds. The van der Waals surface area contributed by atoms with Crippen LogP contribution in [-0.4, -0.2) is 0 Å². The van der Waals surface area contributed by atoms with Gasteiger partial charge in [0.05, 0.1) is 11.6 Å². The van der Waals surface area contributed by atoms with Crippen LogP contribution in [0.25, 0.3) is 0 Å². The van der Waals surface area contributed by atoms with Gasteiger partial charge in [-0.25, -0.2) is 0 Å². The third-order valence-electron chi connectivity index (χ3n) is 7.26. The Bertz CT molecular complexity index is 773. The third-order valence-corrected chi connectivity index (χ3v) is 7.26. The van der Waals surface area contributed by atoms with Crippen LogP contribution in [0.3, 0.4) is 0 Å². The minimum absolute atomic E-state index is 0.662. The molecule has 2 aromatic rings. The number of benzene rings is 2. The summed E-state index contributed by atoms with van der Waals surface area (Å²) in [7, 11) is 0. The van der Waals surface area contributed by atoms with E-state index in [-0.39, 0.29) is 0 Å². The maximum Gasteiger partial charge on any atom is 0.0991 e. The minimum Gasteiger partial charge on any atom is -0.192 e. The lowest BCUT2D eigenvalue weighted by Crippen LogP contribution is -2.12. The molecule has 0 heterocycles. The van der Waals surface area contributed by atoms with Crippen molar-refractivity contribution in [2.24, 2.45) is 0 Å². The van der Waals surface area contributed by atoms with Crippen LogP contribution in [-0.2, 0) is 6.42 Å². The molecule has 31 heavy (non-hydrogen) atoms.